The summed E-state index contributed by atoms with van der Waals surface area (Å²) in [6, 6.07) is 8.60. The van der Waals surface area contributed by atoms with Gasteiger partial charge in [0, 0.05) is 6.42 Å². The summed E-state index contributed by atoms with van der Waals surface area (Å²) in [6.07, 6.45) is 1.25. The van der Waals surface area contributed by atoms with Crippen LogP contribution in [0, 0.1) is 21.4 Å². The Morgan fingerprint density at radius 2 is 2.26 bits per heavy atom. The van der Waals surface area contributed by atoms with Gasteiger partial charge in [-0.15, -0.1) is 5.10 Å². The number of nitrogens with one attached hydrogen (secondary N) is 1. The summed E-state index contributed by atoms with van der Waals surface area (Å²) in [4.78, 5) is 22.1. The number of anilines is 1. The van der Waals surface area contributed by atoms with Crippen molar-refractivity contribution in [2.45, 2.75) is 13.0 Å². The molecule has 0 spiro atoms. The van der Waals surface area contributed by atoms with Crippen molar-refractivity contribution in [2.75, 3.05) is 12.4 Å². The number of amides is 1. The molecule has 2 aromatic rings. The fourth-order valence-electron chi connectivity index (χ4n) is 1.90. The van der Waals surface area contributed by atoms with Crippen LogP contribution in [-0.4, -0.2) is 27.7 Å². The van der Waals surface area contributed by atoms with Crippen LogP contribution in [-0.2, 0) is 11.3 Å². The Morgan fingerprint density at radius 3 is 2.87 bits per heavy atom. The monoisotopic (exact) mass is 315 g/mol. The van der Waals surface area contributed by atoms with E-state index in [-0.39, 0.29) is 30.4 Å². The van der Waals surface area contributed by atoms with Crippen molar-refractivity contribution in [1.82, 2.24) is 9.78 Å². The number of carbonyl (C=O) groups excluding carboxylic acids is 1. The van der Waals surface area contributed by atoms with Crippen molar-refractivity contribution < 1.29 is 14.5 Å². The molecule has 23 heavy (non-hydrogen) atoms. The average molecular weight is 315 g/mol. The number of aryl methyl sites for hydroxylation is 1. The molecule has 9 nitrogen and oxygen atoms in total. The maximum Gasteiger partial charge on any atom is 0.350 e. The fourth-order valence-corrected chi connectivity index (χ4v) is 1.90. The quantitative estimate of drug-likeness (QED) is 0.639. The number of para-hydroxylation sites is 1. The second-order valence-corrected chi connectivity index (χ2v) is 4.50. The van der Waals surface area contributed by atoms with Crippen LogP contribution in [0.1, 0.15) is 12.0 Å². The Hall–Kier alpha value is -3.41. The van der Waals surface area contributed by atoms with Gasteiger partial charge in [-0.3, -0.25) is 19.6 Å². The summed E-state index contributed by atoms with van der Waals surface area (Å²) in [6.45, 7) is 0.144. The number of nitrogens with zero attached hydrogens (tertiary/aromatic N) is 4. The Morgan fingerprint density at radius 1 is 1.52 bits per heavy atom. The Labute approximate surface area is 131 Å². The highest BCUT2D eigenvalue weighted by atomic mass is 16.6. The molecule has 0 bridgehead atoms. The summed E-state index contributed by atoms with van der Waals surface area (Å²) < 4.78 is 6.08. The summed E-state index contributed by atoms with van der Waals surface area (Å²) in [5.41, 5.74) is 0.518. The van der Waals surface area contributed by atoms with Crippen LogP contribution in [0.5, 0.6) is 5.88 Å². The third-order valence-corrected chi connectivity index (χ3v) is 2.99. The number of rotatable bonds is 6. The van der Waals surface area contributed by atoms with Gasteiger partial charge in [-0.05, 0) is 12.1 Å². The smallest absolute Gasteiger partial charge is 0.350 e. The van der Waals surface area contributed by atoms with Gasteiger partial charge in [0.2, 0.25) is 5.91 Å². The van der Waals surface area contributed by atoms with Gasteiger partial charge >= 0.3 is 11.6 Å². The van der Waals surface area contributed by atoms with E-state index in [2.05, 4.69) is 10.4 Å². The number of hydrogen-bond donors (Lipinski definition) is 1. The molecule has 1 N–H and O–H groups in total. The predicted octanol–water partition coefficient (Wildman–Crippen LogP) is 1.70. The van der Waals surface area contributed by atoms with E-state index in [1.165, 1.54) is 18.0 Å². The molecule has 0 atom stereocenters. The highest BCUT2D eigenvalue weighted by molar-refractivity contribution is 5.92. The van der Waals surface area contributed by atoms with Crippen LogP contribution >= 0.6 is 0 Å². The summed E-state index contributed by atoms with van der Waals surface area (Å²) in [5.74, 6) is -0.435. The van der Waals surface area contributed by atoms with Crippen LogP contribution in [0.4, 0.5) is 11.4 Å². The minimum Gasteiger partial charge on any atom is -0.475 e. The first-order valence-corrected chi connectivity index (χ1v) is 6.60. The number of nitro groups is 1. The standard InChI is InChI=1S/C14H13N5O4/c1-23-14-12(19(21)22)9-18(17-14)7-6-13(20)16-11-5-3-2-4-10(11)8-15/h2-5,9H,6-7H2,1H3,(H,16,20). The van der Waals surface area contributed by atoms with Gasteiger partial charge in [-0.2, -0.15) is 5.26 Å². The number of benzene rings is 1. The second-order valence-electron chi connectivity index (χ2n) is 4.50. The molecule has 0 saturated heterocycles. The SMILES string of the molecule is COc1nn(CCC(=O)Nc2ccccc2C#N)cc1[N+](=O)[O-]. The van der Waals surface area contributed by atoms with Crippen molar-refractivity contribution >= 4 is 17.3 Å². The minimum atomic E-state index is -0.606. The van der Waals surface area contributed by atoms with Crippen molar-refractivity contribution in [1.29, 1.82) is 5.26 Å². The largest absolute Gasteiger partial charge is 0.475 e. The van der Waals surface area contributed by atoms with E-state index in [0.29, 0.717) is 11.3 Å². The maximum atomic E-state index is 11.9. The van der Waals surface area contributed by atoms with Gasteiger partial charge in [0.25, 0.3) is 0 Å². The molecule has 0 unspecified atom stereocenters. The van der Waals surface area contributed by atoms with E-state index in [0.717, 1.165) is 0 Å². The highest BCUT2D eigenvalue weighted by Gasteiger charge is 2.20. The van der Waals surface area contributed by atoms with Gasteiger partial charge in [0.05, 0.1) is 29.8 Å². The molecule has 1 heterocycles. The molecule has 1 aromatic heterocycles. The zero-order valence-electron chi connectivity index (χ0n) is 12.2. The van der Waals surface area contributed by atoms with Crippen molar-refractivity contribution in [2.24, 2.45) is 0 Å². The van der Waals surface area contributed by atoms with Gasteiger partial charge in [-0.1, -0.05) is 12.1 Å². The lowest BCUT2D eigenvalue weighted by molar-refractivity contribution is -0.385. The Kier molecular flexibility index (Phi) is 4.89. The molecular formula is C14H13N5O4. The van der Waals surface area contributed by atoms with Gasteiger partial charge in [0.1, 0.15) is 12.3 Å². The number of methoxy groups -OCH3 is 1. The molecule has 1 aromatic carbocycles. The number of carbonyl (C=O) groups is 1. The van der Waals surface area contributed by atoms with Crippen molar-refractivity contribution in [3.8, 4) is 11.9 Å². The van der Waals surface area contributed by atoms with E-state index in [4.69, 9.17) is 10.00 Å². The molecule has 0 fully saturated rings. The third kappa shape index (κ3) is 3.82. The molecular weight excluding hydrogens is 302 g/mol. The molecule has 9 heteroatoms. The predicted molar refractivity (Wildman–Crippen MR) is 79.8 cm³/mol. The lowest BCUT2D eigenvalue weighted by atomic mass is 10.2. The van der Waals surface area contributed by atoms with Crippen molar-refractivity contribution in [3.05, 3.63) is 46.1 Å². The Balaban J connectivity index is 2.00. The van der Waals surface area contributed by atoms with Crippen molar-refractivity contribution in [3.63, 3.8) is 0 Å². The van der Waals surface area contributed by atoms with Gasteiger partial charge in [-0.25, -0.2) is 0 Å². The van der Waals surface area contributed by atoms with E-state index in [9.17, 15) is 14.9 Å². The van der Waals surface area contributed by atoms with Crippen LogP contribution in [0.3, 0.4) is 0 Å². The number of hydrogen-bond acceptors (Lipinski definition) is 6. The van der Waals surface area contributed by atoms with Crippen LogP contribution in [0.2, 0.25) is 0 Å². The molecule has 0 aliphatic carbocycles. The molecule has 0 aliphatic heterocycles. The van der Waals surface area contributed by atoms with E-state index >= 15 is 0 Å². The summed E-state index contributed by atoms with van der Waals surface area (Å²) in [7, 11) is 1.28. The molecule has 118 valence electrons. The van der Waals surface area contributed by atoms with Gasteiger partial charge < -0.3 is 10.1 Å². The average Bonchev–Trinajstić information content (AvgIpc) is 2.97. The molecule has 2 rings (SSSR count). The normalized spacial score (nSPS) is 9.91. The molecule has 1 amide bonds. The first-order chi connectivity index (χ1) is 11.0. The molecule has 0 saturated carbocycles. The first-order valence-electron chi connectivity index (χ1n) is 6.60. The second kappa shape index (κ2) is 7.04. The molecule has 0 radical (unpaired) electrons. The van der Waals surface area contributed by atoms with E-state index in [1.54, 1.807) is 24.3 Å². The Bertz CT molecular complexity index is 778. The highest BCUT2D eigenvalue weighted by Crippen LogP contribution is 2.24. The zero-order valence-corrected chi connectivity index (χ0v) is 12.2. The zero-order chi connectivity index (χ0) is 16.8. The topological polar surface area (TPSA) is 123 Å². The third-order valence-electron chi connectivity index (χ3n) is 2.99. The number of nitriles is 1. The van der Waals surface area contributed by atoms with Gasteiger partial charge in [0.15, 0.2) is 0 Å². The van der Waals surface area contributed by atoms with E-state index < -0.39 is 4.92 Å². The van der Waals surface area contributed by atoms with E-state index in [1.807, 2.05) is 6.07 Å². The minimum absolute atomic E-state index is 0.0434. The van der Waals surface area contributed by atoms with Crippen LogP contribution < -0.4 is 10.1 Å². The summed E-state index contributed by atoms with van der Waals surface area (Å²) >= 11 is 0. The van der Waals surface area contributed by atoms with Crippen LogP contribution in [0.25, 0.3) is 0 Å². The lowest BCUT2D eigenvalue weighted by Crippen LogP contribution is -2.15. The number of aromatic nitrogens is 2. The number of ether oxygens (including phenoxy) is 1. The van der Waals surface area contributed by atoms with Crippen LogP contribution in [0.15, 0.2) is 30.5 Å². The summed E-state index contributed by atoms with van der Waals surface area (Å²) in [5, 5.41) is 26.3. The maximum absolute atomic E-state index is 11.9. The fraction of sp³-hybridized carbons (Fsp3) is 0.214. The first kappa shape index (κ1) is 16.0. The molecule has 0 aliphatic rings. The lowest BCUT2D eigenvalue weighted by Gasteiger charge is -2.06.